The molecule has 0 unspecified atom stereocenters. The molecule has 7 nitrogen and oxygen atoms in total. The van der Waals surface area contributed by atoms with Gasteiger partial charge in [0.05, 0.1) is 31.7 Å². The Morgan fingerprint density at radius 3 is 2.60 bits per heavy atom. The van der Waals surface area contributed by atoms with E-state index in [-0.39, 0.29) is 17.9 Å². The van der Waals surface area contributed by atoms with Crippen LogP contribution in [0.5, 0.6) is 5.75 Å². The molecule has 0 radical (unpaired) electrons. The molecule has 0 spiro atoms. The molecular formula is C33H39ClN4O3S. The summed E-state index contributed by atoms with van der Waals surface area (Å²) in [4.78, 5) is 25.0. The second kappa shape index (κ2) is 13.0. The van der Waals surface area contributed by atoms with Gasteiger partial charge in [-0.1, -0.05) is 23.7 Å². The van der Waals surface area contributed by atoms with Gasteiger partial charge in [-0.15, -0.1) is 11.3 Å². The van der Waals surface area contributed by atoms with E-state index in [0.29, 0.717) is 11.7 Å². The topological polar surface area (TPSA) is 76.6 Å². The molecule has 42 heavy (non-hydrogen) atoms. The number of aromatic nitrogens is 2. The van der Waals surface area contributed by atoms with Gasteiger partial charge >= 0.3 is 5.97 Å². The second-order valence-electron chi connectivity index (χ2n) is 11.4. The fourth-order valence-corrected chi connectivity index (χ4v) is 7.26. The maximum Gasteiger partial charge on any atom is 0.308 e. The third kappa shape index (κ3) is 6.41. The number of hydrogen-bond acceptors (Lipinski definition) is 8. The molecule has 1 N–H and O–H groups in total. The average molecular weight is 607 g/mol. The van der Waals surface area contributed by atoms with Crippen molar-refractivity contribution >= 4 is 45.6 Å². The number of anilines is 1. The molecule has 9 heteroatoms. The molecule has 1 saturated carbocycles. The summed E-state index contributed by atoms with van der Waals surface area (Å²) in [6, 6.07) is 12.6. The van der Waals surface area contributed by atoms with Gasteiger partial charge in [-0.3, -0.25) is 4.79 Å². The zero-order valence-corrected chi connectivity index (χ0v) is 26.7. The second-order valence-corrected chi connectivity index (χ2v) is 12.8. The highest BCUT2D eigenvalue weighted by Crippen LogP contribution is 2.43. The monoisotopic (exact) mass is 606 g/mol. The van der Waals surface area contributed by atoms with Crippen molar-refractivity contribution in [2.45, 2.75) is 58.0 Å². The lowest BCUT2D eigenvalue weighted by Gasteiger charge is -2.28. The molecule has 0 amide bonds. The van der Waals surface area contributed by atoms with Gasteiger partial charge in [0.2, 0.25) is 0 Å². The number of nitrogens with one attached hydrogen (secondary N) is 1. The van der Waals surface area contributed by atoms with Crippen molar-refractivity contribution in [1.29, 1.82) is 0 Å². The highest BCUT2D eigenvalue weighted by Gasteiger charge is 2.30. The number of carbonyl (C=O) groups is 1. The summed E-state index contributed by atoms with van der Waals surface area (Å²) in [5.41, 5.74) is 5.41. The first-order valence-electron chi connectivity index (χ1n) is 14.4. The van der Waals surface area contributed by atoms with Crippen molar-refractivity contribution < 1.29 is 14.3 Å². The van der Waals surface area contributed by atoms with Crippen molar-refractivity contribution in [3.63, 3.8) is 0 Å². The lowest BCUT2D eigenvalue weighted by atomic mass is 9.78. The summed E-state index contributed by atoms with van der Waals surface area (Å²) in [7, 11) is 7.31. The van der Waals surface area contributed by atoms with Crippen LogP contribution < -0.4 is 10.1 Å². The van der Waals surface area contributed by atoms with E-state index < -0.39 is 0 Å². The average Bonchev–Trinajstić information content (AvgIpc) is 3.46. The number of thiophene rings is 1. The summed E-state index contributed by atoms with van der Waals surface area (Å²) < 4.78 is 10.8. The Bertz CT molecular complexity index is 1580. The van der Waals surface area contributed by atoms with Crippen LogP contribution in [-0.4, -0.2) is 49.2 Å². The molecule has 222 valence electrons. The normalized spacial score (nSPS) is 17.8. The van der Waals surface area contributed by atoms with E-state index in [9.17, 15) is 4.79 Å². The van der Waals surface area contributed by atoms with Crippen LogP contribution in [0.1, 0.15) is 66.4 Å². The van der Waals surface area contributed by atoms with Gasteiger partial charge in [0, 0.05) is 33.5 Å². The van der Waals surface area contributed by atoms with Gasteiger partial charge in [-0.2, -0.15) is 0 Å². The minimum absolute atomic E-state index is 0.0158. The predicted molar refractivity (Wildman–Crippen MR) is 172 cm³/mol. The molecule has 1 aliphatic rings. The van der Waals surface area contributed by atoms with E-state index in [0.717, 1.165) is 76.4 Å². The number of methoxy groups -OCH3 is 2. The fraction of sp³-hybridized carbons (Fsp3) is 0.424. The van der Waals surface area contributed by atoms with Gasteiger partial charge in [0.25, 0.3) is 0 Å². The lowest BCUT2D eigenvalue weighted by molar-refractivity contribution is -0.146. The highest BCUT2D eigenvalue weighted by atomic mass is 35.5. The van der Waals surface area contributed by atoms with Crippen molar-refractivity contribution in [3.8, 4) is 16.9 Å². The number of ether oxygens (including phenoxy) is 2. The molecule has 1 fully saturated rings. The van der Waals surface area contributed by atoms with Crippen molar-refractivity contribution in [2.75, 3.05) is 33.6 Å². The SMILES string of the molecule is COC(=O)C1CCC(c2cc3c(N[C@H](C)c4cc(-c5c(Cl)cccc5CN(C)C)cs4)nc(C)nc3cc2OC)CC1. The largest absolute Gasteiger partial charge is 0.496 e. The molecule has 4 aromatic rings. The van der Waals surface area contributed by atoms with Crippen molar-refractivity contribution in [1.82, 2.24) is 14.9 Å². The smallest absolute Gasteiger partial charge is 0.308 e. The van der Waals surface area contributed by atoms with Gasteiger partial charge < -0.3 is 19.7 Å². The number of benzene rings is 2. The van der Waals surface area contributed by atoms with Crippen LogP contribution in [0.2, 0.25) is 5.02 Å². The van der Waals surface area contributed by atoms with Gasteiger partial charge in [0.1, 0.15) is 17.4 Å². The van der Waals surface area contributed by atoms with E-state index in [1.807, 2.05) is 25.1 Å². The van der Waals surface area contributed by atoms with Crippen LogP contribution in [0.4, 0.5) is 5.82 Å². The summed E-state index contributed by atoms with van der Waals surface area (Å²) >= 11 is 8.42. The van der Waals surface area contributed by atoms with Crippen LogP contribution in [0.15, 0.2) is 41.8 Å². The number of fused-ring (bicyclic) bond motifs is 1. The molecule has 2 aromatic carbocycles. The Labute approximate surface area is 257 Å². The Morgan fingerprint density at radius 1 is 1.14 bits per heavy atom. The Kier molecular flexibility index (Phi) is 9.35. The van der Waals surface area contributed by atoms with Gasteiger partial charge in [0.15, 0.2) is 0 Å². The number of hydrogen-bond donors (Lipinski definition) is 1. The first kappa shape index (κ1) is 30.3. The maximum atomic E-state index is 12.1. The zero-order chi connectivity index (χ0) is 30.0. The third-order valence-electron chi connectivity index (χ3n) is 8.14. The van der Waals surface area contributed by atoms with Crippen molar-refractivity contribution in [2.24, 2.45) is 5.92 Å². The van der Waals surface area contributed by atoms with Crippen LogP contribution in [0.25, 0.3) is 22.0 Å². The van der Waals surface area contributed by atoms with Crippen LogP contribution >= 0.6 is 22.9 Å². The molecule has 2 aromatic heterocycles. The summed E-state index contributed by atoms with van der Waals surface area (Å²) in [5, 5.41) is 7.60. The molecule has 0 saturated heterocycles. The molecular weight excluding hydrogens is 568 g/mol. The molecule has 5 rings (SSSR count). The third-order valence-corrected chi connectivity index (χ3v) is 9.57. The van der Waals surface area contributed by atoms with E-state index in [1.54, 1.807) is 18.4 Å². The first-order valence-corrected chi connectivity index (χ1v) is 15.7. The van der Waals surface area contributed by atoms with E-state index in [4.69, 9.17) is 31.0 Å². The first-order chi connectivity index (χ1) is 20.2. The number of esters is 1. The standard InChI is InChI=1S/C33H39ClN4O3S/c1-19(30-14-24(18-42-30)31-23(17-38(3)4)8-7-9-27(31)34)35-32-26-15-25(21-10-12-22(13-11-21)33(39)41-6)29(40-5)16-28(26)36-20(2)37-32/h7-9,14-16,18-19,21-22H,10-13,17H2,1-6H3,(H,35,36,37)/t19-,21?,22?/m1/s1. The number of carbonyl (C=O) groups excluding carboxylic acids is 1. The molecule has 0 aliphatic heterocycles. The highest BCUT2D eigenvalue weighted by molar-refractivity contribution is 7.10. The number of nitrogens with zero attached hydrogens (tertiary/aromatic N) is 3. The molecule has 1 atom stereocenters. The summed E-state index contributed by atoms with van der Waals surface area (Å²) in [6.45, 7) is 4.89. The number of halogens is 1. The van der Waals surface area contributed by atoms with Crippen molar-refractivity contribution in [3.05, 3.63) is 68.6 Å². The van der Waals surface area contributed by atoms with E-state index in [1.165, 1.54) is 17.6 Å². The fourth-order valence-electron chi connectivity index (χ4n) is 6.05. The van der Waals surface area contributed by atoms with Crippen LogP contribution in [0.3, 0.4) is 0 Å². The van der Waals surface area contributed by atoms with Gasteiger partial charge in [-0.25, -0.2) is 9.97 Å². The molecule has 1 aliphatic carbocycles. The zero-order valence-electron chi connectivity index (χ0n) is 25.2. The minimum Gasteiger partial charge on any atom is -0.496 e. The summed E-state index contributed by atoms with van der Waals surface area (Å²) in [6.07, 6.45) is 3.44. The molecule has 2 heterocycles. The number of rotatable bonds is 9. The van der Waals surface area contributed by atoms with E-state index in [2.05, 4.69) is 54.8 Å². The predicted octanol–water partition coefficient (Wildman–Crippen LogP) is 8.01. The lowest BCUT2D eigenvalue weighted by Crippen LogP contribution is -2.22. The Morgan fingerprint density at radius 2 is 1.90 bits per heavy atom. The minimum atomic E-state index is -0.108. The van der Waals surface area contributed by atoms with Crippen LogP contribution in [-0.2, 0) is 16.1 Å². The van der Waals surface area contributed by atoms with E-state index >= 15 is 0 Å². The Balaban J connectivity index is 1.44. The maximum absolute atomic E-state index is 12.1. The quantitative estimate of drug-likeness (QED) is 0.193. The van der Waals surface area contributed by atoms with Crippen LogP contribution in [0, 0.1) is 12.8 Å². The van der Waals surface area contributed by atoms with Gasteiger partial charge in [-0.05, 0) is 99.8 Å². The number of aryl methyl sites for hydroxylation is 1. The Hall–Kier alpha value is -3.20. The molecule has 0 bridgehead atoms. The summed E-state index contributed by atoms with van der Waals surface area (Å²) in [5.74, 6) is 2.49.